The molecule has 1 N–H and O–H groups in total. The van der Waals surface area contributed by atoms with Gasteiger partial charge in [0, 0.05) is 7.05 Å². The van der Waals surface area contributed by atoms with Crippen LogP contribution < -0.4 is 0 Å². The summed E-state index contributed by atoms with van der Waals surface area (Å²) in [4.78, 5) is 0. The van der Waals surface area contributed by atoms with Gasteiger partial charge in [-0.25, -0.2) is 4.68 Å². The zero-order valence-corrected chi connectivity index (χ0v) is 8.37. The molecule has 4 nitrogen and oxygen atoms in total. The van der Waals surface area contributed by atoms with Gasteiger partial charge in [-0.15, -0.1) is 5.10 Å². The molecule has 0 atom stereocenters. The Morgan fingerprint density at radius 1 is 1.58 bits per heavy atom. The molecule has 1 aliphatic rings. The van der Waals surface area contributed by atoms with Crippen LogP contribution in [0.2, 0.25) is 0 Å². The predicted molar refractivity (Wildman–Crippen MR) is 46.5 cm³/mol. The lowest BCUT2D eigenvalue weighted by atomic mass is 9.78. The molecule has 1 aromatic heterocycles. The van der Waals surface area contributed by atoms with E-state index in [0.29, 0.717) is 4.60 Å². The minimum Gasteiger partial charge on any atom is -0.383 e. The number of hydrogen-bond acceptors (Lipinski definition) is 3. The fraction of sp³-hybridized carbons (Fsp3) is 0.714. The third-order valence-electron chi connectivity index (χ3n) is 2.41. The van der Waals surface area contributed by atoms with E-state index in [1.165, 1.54) is 0 Å². The second-order valence-electron chi connectivity index (χ2n) is 3.24. The Morgan fingerprint density at radius 3 is 2.58 bits per heavy atom. The molecule has 1 heterocycles. The minimum absolute atomic E-state index is 0.659. The molecule has 0 amide bonds. The van der Waals surface area contributed by atoms with Crippen molar-refractivity contribution in [1.82, 2.24) is 15.0 Å². The van der Waals surface area contributed by atoms with Crippen LogP contribution in [0.4, 0.5) is 0 Å². The Labute approximate surface area is 78.7 Å². The van der Waals surface area contributed by atoms with Crippen LogP contribution >= 0.6 is 15.9 Å². The maximum Gasteiger partial charge on any atom is 0.154 e. The smallest absolute Gasteiger partial charge is 0.154 e. The van der Waals surface area contributed by atoms with E-state index in [9.17, 15) is 5.11 Å². The van der Waals surface area contributed by atoms with Gasteiger partial charge in [-0.3, -0.25) is 0 Å². The number of nitrogens with zero attached hydrogens (tertiary/aromatic N) is 3. The summed E-state index contributed by atoms with van der Waals surface area (Å²) < 4.78 is 2.29. The number of aromatic nitrogens is 3. The molecule has 5 heteroatoms. The van der Waals surface area contributed by atoms with Gasteiger partial charge in [-0.05, 0) is 35.2 Å². The van der Waals surface area contributed by atoms with Gasteiger partial charge in [0.05, 0.1) is 0 Å². The van der Waals surface area contributed by atoms with E-state index in [1.54, 1.807) is 11.7 Å². The molecule has 1 saturated carbocycles. The predicted octanol–water partition coefficient (Wildman–Crippen LogP) is 0.949. The van der Waals surface area contributed by atoms with Crippen LogP contribution in [0.5, 0.6) is 0 Å². The first kappa shape index (κ1) is 8.19. The van der Waals surface area contributed by atoms with Crippen molar-refractivity contribution in [3.05, 3.63) is 10.3 Å². The summed E-state index contributed by atoms with van der Waals surface area (Å²) in [5.41, 5.74) is 0.116. The lowest BCUT2D eigenvalue weighted by Gasteiger charge is -2.36. The lowest BCUT2D eigenvalue weighted by Crippen LogP contribution is -2.36. The summed E-state index contributed by atoms with van der Waals surface area (Å²) in [5.74, 6) is 0. The summed E-state index contributed by atoms with van der Waals surface area (Å²) in [5, 5.41) is 17.7. The SMILES string of the molecule is Cn1nnc(Br)c1C1(O)CCC1. The molecule has 1 aliphatic carbocycles. The number of aliphatic hydroxyl groups is 1. The summed E-state index contributed by atoms with van der Waals surface area (Å²) in [6.45, 7) is 0. The fourth-order valence-electron chi connectivity index (χ4n) is 1.57. The van der Waals surface area contributed by atoms with Gasteiger partial charge in [0.15, 0.2) is 4.60 Å². The van der Waals surface area contributed by atoms with Crippen LogP contribution in [0.15, 0.2) is 4.60 Å². The lowest BCUT2D eigenvalue weighted by molar-refractivity contribution is -0.0463. The number of rotatable bonds is 1. The maximum absolute atomic E-state index is 10.0. The van der Waals surface area contributed by atoms with E-state index < -0.39 is 5.60 Å². The van der Waals surface area contributed by atoms with Crippen LogP contribution in [0, 0.1) is 0 Å². The van der Waals surface area contributed by atoms with E-state index in [0.717, 1.165) is 25.0 Å². The third-order valence-corrected chi connectivity index (χ3v) is 2.94. The molecule has 0 aliphatic heterocycles. The molecule has 0 bridgehead atoms. The summed E-state index contributed by atoms with van der Waals surface area (Å²) >= 11 is 3.27. The first-order chi connectivity index (χ1) is 5.63. The van der Waals surface area contributed by atoms with Gasteiger partial charge in [-0.1, -0.05) is 5.21 Å². The summed E-state index contributed by atoms with van der Waals surface area (Å²) in [6, 6.07) is 0. The molecule has 1 fully saturated rings. The highest BCUT2D eigenvalue weighted by Crippen LogP contribution is 2.42. The van der Waals surface area contributed by atoms with Crippen LogP contribution in [-0.4, -0.2) is 20.1 Å². The van der Waals surface area contributed by atoms with Crippen molar-refractivity contribution in [3.63, 3.8) is 0 Å². The van der Waals surface area contributed by atoms with Crippen molar-refractivity contribution in [3.8, 4) is 0 Å². The van der Waals surface area contributed by atoms with E-state index in [-0.39, 0.29) is 0 Å². The van der Waals surface area contributed by atoms with Crippen molar-refractivity contribution >= 4 is 15.9 Å². The highest BCUT2D eigenvalue weighted by Gasteiger charge is 2.40. The standard InChI is InChI=1S/C7H10BrN3O/c1-11-5(6(8)9-10-11)7(12)3-2-4-7/h12H,2-4H2,1H3. The third kappa shape index (κ3) is 0.998. The molecule has 0 aromatic carbocycles. The summed E-state index contributed by atoms with van der Waals surface area (Å²) in [7, 11) is 1.80. The Morgan fingerprint density at radius 2 is 2.25 bits per heavy atom. The van der Waals surface area contributed by atoms with Crippen molar-refractivity contribution in [1.29, 1.82) is 0 Å². The Balaban J connectivity index is 2.44. The van der Waals surface area contributed by atoms with Gasteiger partial charge < -0.3 is 5.11 Å². The van der Waals surface area contributed by atoms with Gasteiger partial charge in [0.1, 0.15) is 11.3 Å². The van der Waals surface area contributed by atoms with Crippen molar-refractivity contribution < 1.29 is 5.11 Å². The average molecular weight is 232 g/mol. The molecule has 0 spiro atoms. The molecule has 12 heavy (non-hydrogen) atoms. The highest BCUT2D eigenvalue weighted by atomic mass is 79.9. The van der Waals surface area contributed by atoms with Gasteiger partial charge in [0.25, 0.3) is 0 Å². The molecule has 0 radical (unpaired) electrons. The minimum atomic E-state index is -0.683. The molecular formula is C7H10BrN3O. The zero-order valence-electron chi connectivity index (χ0n) is 6.79. The first-order valence-electron chi connectivity index (χ1n) is 3.91. The molecule has 2 rings (SSSR count). The quantitative estimate of drug-likeness (QED) is 0.784. The maximum atomic E-state index is 10.0. The van der Waals surface area contributed by atoms with Gasteiger partial charge >= 0.3 is 0 Å². The molecule has 0 unspecified atom stereocenters. The van der Waals surface area contributed by atoms with Crippen LogP contribution in [0.1, 0.15) is 25.0 Å². The second kappa shape index (κ2) is 2.53. The van der Waals surface area contributed by atoms with Crippen LogP contribution in [0.3, 0.4) is 0 Å². The van der Waals surface area contributed by atoms with E-state index in [1.807, 2.05) is 0 Å². The summed E-state index contributed by atoms with van der Waals surface area (Å²) in [6.07, 6.45) is 2.70. The van der Waals surface area contributed by atoms with Gasteiger partial charge in [0.2, 0.25) is 0 Å². The van der Waals surface area contributed by atoms with E-state index in [2.05, 4.69) is 26.2 Å². The molecule has 0 saturated heterocycles. The highest BCUT2D eigenvalue weighted by molar-refractivity contribution is 9.10. The van der Waals surface area contributed by atoms with E-state index >= 15 is 0 Å². The molecule has 1 aromatic rings. The van der Waals surface area contributed by atoms with Crippen LogP contribution in [0.25, 0.3) is 0 Å². The number of aryl methyl sites for hydroxylation is 1. The second-order valence-corrected chi connectivity index (χ2v) is 3.99. The van der Waals surface area contributed by atoms with Crippen molar-refractivity contribution in [2.75, 3.05) is 0 Å². The van der Waals surface area contributed by atoms with Crippen LogP contribution in [-0.2, 0) is 12.6 Å². The normalized spacial score (nSPS) is 20.6. The Hall–Kier alpha value is -0.420. The average Bonchev–Trinajstić information content (AvgIpc) is 2.27. The largest absolute Gasteiger partial charge is 0.383 e. The Bertz CT molecular complexity index is 286. The fourth-order valence-corrected chi connectivity index (χ4v) is 2.27. The monoisotopic (exact) mass is 231 g/mol. The first-order valence-corrected chi connectivity index (χ1v) is 4.71. The van der Waals surface area contributed by atoms with Crippen molar-refractivity contribution in [2.45, 2.75) is 24.9 Å². The van der Waals surface area contributed by atoms with E-state index in [4.69, 9.17) is 0 Å². The van der Waals surface area contributed by atoms with Crippen molar-refractivity contribution in [2.24, 2.45) is 7.05 Å². The topological polar surface area (TPSA) is 50.9 Å². The Kier molecular flexibility index (Phi) is 1.73. The number of halogens is 1. The number of hydrogen-bond donors (Lipinski definition) is 1. The van der Waals surface area contributed by atoms with Gasteiger partial charge in [-0.2, -0.15) is 0 Å². The zero-order chi connectivity index (χ0) is 8.77. The molecule has 66 valence electrons. The molecular weight excluding hydrogens is 222 g/mol.